The van der Waals surface area contributed by atoms with Crippen molar-refractivity contribution in [2.45, 2.75) is 6.92 Å². The molecular weight excluding hydrogens is 300 g/mol. The number of anilines is 2. The molecule has 0 aliphatic rings. The highest BCUT2D eigenvalue weighted by molar-refractivity contribution is 7.12. The van der Waals surface area contributed by atoms with Gasteiger partial charge in [-0.3, -0.25) is 0 Å². The molecule has 0 aliphatic carbocycles. The van der Waals surface area contributed by atoms with Gasteiger partial charge in [0.25, 0.3) is 0 Å². The maximum Gasteiger partial charge on any atom is 0.348 e. The number of carboxylic acid groups (broad SMARTS) is 1. The molecule has 2 amide bonds. The molecule has 2 rings (SSSR count). The predicted octanol–water partition coefficient (Wildman–Crippen LogP) is 4.05. The zero-order valence-electron chi connectivity index (χ0n) is 10.4. The van der Waals surface area contributed by atoms with E-state index in [0.29, 0.717) is 10.7 Å². The van der Waals surface area contributed by atoms with E-state index in [0.717, 1.165) is 16.9 Å². The summed E-state index contributed by atoms with van der Waals surface area (Å²) >= 11 is 7.01. The Bertz CT molecular complexity index is 669. The molecule has 0 aliphatic heterocycles. The molecule has 20 heavy (non-hydrogen) atoms. The molecule has 0 spiro atoms. The summed E-state index contributed by atoms with van der Waals surface area (Å²) in [6.45, 7) is 1.86. The van der Waals surface area contributed by atoms with Crippen LogP contribution in [0.1, 0.15) is 15.2 Å². The lowest BCUT2D eigenvalue weighted by molar-refractivity contribution is 0.0703. The molecule has 5 nitrogen and oxygen atoms in total. The molecule has 7 heteroatoms. The summed E-state index contributed by atoms with van der Waals surface area (Å²) in [6, 6.07) is 6.14. The van der Waals surface area contributed by atoms with Gasteiger partial charge in [0.15, 0.2) is 0 Å². The van der Waals surface area contributed by atoms with Crippen LogP contribution in [-0.4, -0.2) is 17.1 Å². The van der Waals surface area contributed by atoms with Crippen molar-refractivity contribution in [2.24, 2.45) is 0 Å². The number of amides is 2. The minimum absolute atomic E-state index is 0.0853. The van der Waals surface area contributed by atoms with Gasteiger partial charge < -0.3 is 15.7 Å². The number of carbonyl (C=O) groups excluding carboxylic acids is 1. The topological polar surface area (TPSA) is 78.4 Å². The number of hydrogen-bond acceptors (Lipinski definition) is 3. The Morgan fingerprint density at radius 2 is 2.00 bits per heavy atom. The Labute approximate surface area is 124 Å². The zero-order chi connectivity index (χ0) is 14.7. The third kappa shape index (κ3) is 3.28. The highest BCUT2D eigenvalue weighted by atomic mass is 35.5. The summed E-state index contributed by atoms with van der Waals surface area (Å²) in [6.07, 6.45) is 0. The van der Waals surface area contributed by atoms with Crippen molar-refractivity contribution >= 4 is 46.3 Å². The highest BCUT2D eigenvalue weighted by Gasteiger charge is 2.14. The van der Waals surface area contributed by atoms with Crippen LogP contribution in [0, 0.1) is 6.92 Å². The van der Waals surface area contributed by atoms with Gasteiger partial charge in [0.1, 0.15) is 4.88 Å². The van der Waals surface area contributed by atoms with Gasteiger partial charge in [-0.1, -0.05) is 17.7 Å². The first-order valence-electron chi connectivity index (χ1n) is 5.62. The van der Waals surface area contributed by atoms with Crippen LogP contribution in [0.2, 0.25) is 5.02 Å². The molecular formula is C13H11ClN2O3S. The van der Waals surface area contributed by atoms with Gasteiger partial charge in [-0.15, -0.1) is 11.3 Å². The van der Waals surface area contributed by atoms with Gasteiger partial charge in [-0.05, 0) is 36.1 Å². The number of thiophene rings is 1. The standard InChI is InChI=1S/C13H11ClN2O3S/c1-7-2-3-8(6-9(7)14)15-13(19)16-10-4-5-20-11(10)12(17)18/h2-6H,1H3,(H,17,18)(H2,15,16,19). The highest BCUT2D eigenvalue weighted by Crippen LogP contribution is 2.23. The number of aryl methyl sites for hydroxylation is 1. The third-order valence-corrected chi connectivity index (χ3v) is 3.85. The van der Waals surface area contributed by atoms with Crippen LogP contribution in [-0.2, 0) is 0 Å². The Hall–Kier alpha value is -2.05. The number of carboxylic acids is 1. The number of urea groups is 1. The molecule has 2 aromatic rings. The molecule has 0 radical (unpaired) electrons. The van der Waals surface area contributed by atoms with Crippen LogP contribution >= 0.6 is 22.9 Å². The third-order valence-electron chi connectivity index (χ3n) is 2.54. The minimum Gasteiger partial charge on any atom is -0.477 e. The van der Waals surface area contributed by atoms with Gasteiger partial charge in [-0.2, -0.15) is 0 Å². The van der Waals surface area contributed by atoms with Crippen LogP contribution in [0.5, 0.6) is 0 Å². The number of nitrogens with one attached hydrogen (secondary N) is 2. The number of aromatic carboxylic acids is 1. The molecule has 0 saturated heterocycles. The summed E-state index contributed by atoms with van der Waals surface area (Å²) < 4.78 is 0. The summed E-state index contributed by atoms with van der Waals surface area (Å²) in [5, 5.41) is 16.2. The number of benzene rings is 1. The Balaban J connectivity index is 2.07. The van der Waals surface area contributed by atoms with Gasteiger partial charge in [-0.25, -0.2) is 9.59 Å². The summed E-state index contributed by atoms with van der Waals surface area (Å²) in [4.78, 5) is 22.8. The summed E-state index contributed by atoms with van der Waals surface area (Å²) in [5.41, 5.74) is 1.70. The number of rotatable bonds is 3. The van der Waals surface area contributed by atoms with E-state index in [4.69, 9.17) is 16.7 Å². The Morgan fingerprint density at radius 3 is 2.65 bits per heavy atom. The van der Waals surface area contributed by atoms with E-state index >= 15 is 0 Å². The Morgan fingerprint density at radius 1 is 1.25 bits per heavy atom. The molecule has 104 valence electrons. The second-order valence-electron chi connectivity index (χ2n) is 4.01. The molecule has 0 atom stereocenters. The van der Waals surface area contributed by atoms with Crippen molar-refractivity contribution in [3.63, 3.8) is 0 Å². The first kappa shape index (κ1) is 14.4. The molecule has 1 aromatic heterocycles. The monoisotopic (exact) mass is 310 g/mol. The molecule has 1 heterocycles. The average molecular weight is 311 g/mol. The Kier molecular flexibility index (Phi) is 4.26. The lowest BCUT2D eigenvalue weighted by Crippen LogP contribution is -2.20. The maximum absolute atomic E-state index is 11.8. The van der Waals surface area contributed by atoms with Crippen molar-refractivity contribution < 1.29 is 14.7 Å². The summed E-state index contributed by atoms with van der Waals surface area (Å²) in [5.74, 6) is -1.08. The van der Waals surface area contributed by atoms with Crippen LogP contribution < -0.4 is 10.6 Å². The SMILES string of the molecule is Cc1ccc(NC(=O)Nc2ccsc2C(=O)O)cc1Cl. The lowest BCUT2D eigenvalue weighted by atomic mass is 10.2. The lowest BCUT2D eigenvalue weighted by Gasteiger charge is -2.08. The minimum atomic E-state index is -1.08. The fourth-order valence-electron chi connectivity index (χ4n) is 1.53. The first-order valence-corrected chi connectivity index (χ1v) is 6.88. The molecule has 3 N–H and O–H groups in total. The smallest absolute Gasteiger partial charge is 0.348 e. The average Bonchev–Trinajstić information content (AvgIpc) is 2.82. The fraction of sp³-hybridized carbons (Fsp3) is 0.0769. The maximum atomic E-state index is 11.8. The molecule has 0 fully saturated rings. The second-order valence-corrected chi connectivity index (χ2v) is 5.33. The van der Waals surface area contributed by atoms with Crippen LogP contribution in [0.3, 0.4) is 0 Å². The normalized spacial score (nSPS) is 10.1. The molecule has 1 aromatic carbocycles. The van der Waals surface area contributed by atoms with Crippen molar-refractivity contribution in [1.82, 2.24) is 0 Å². The predicted molar refractivity (Wildman–Crippen MR) is 80.1 cm³/mol. The fourth-order valence-corrected chi connectivity index (χ4v) is 2.40. The van der Waals surface area contributed by atoms with E-state index in [9.17, 15) is 9.59 Å². The van der Waals surface area contributed by atoms with Crippen molar-refractivity contribution in [1.29, 1.82) is 0 Å². The van der Waals surface area contributed by atoms with Crippen LogP contribution in [0.4, 0.5) is 16.2 Å². The van der Waals surface area contributed by atoms with Gasteiger partial charge >= 0.3 is 12.0 Å². The van der Waals surface area contributed by atoms with E-state index in [1.807, 2.05) is 6.92 Å². The van der Waals surface area contributed by atoms with E-state index in [2.05, 4.69) is 10.6 Å². The molecule has 0 saturated carbocycles. The van der Waals surface area contributed by atoms with E-state index in [-0.39, 0.29) is 10.6 Å². The van der Waals surface area contributed by atoms with E-state index in [1.54, 1.807) is 23.6 Å². The van der Waals surface area contributed by atoms with Gasteiger partial charge in [0, 0.05) is 10.7 Å². The number of carbonyl (C=O) groups is 2. The van der Waals surface area contributed by atoms with Crippen LogP contribution in [0.25, 0.3) is 0 Å². The van der Waals surface area contributed by atoms with E-state index < -0.39 is 12.0 Å². The first-order chi connectivity index (χ1) is 9.47. The summed E-state index contributed by atoms with van der Waals surface area (Å²) in [7, 11) is 0. The van der Waals surface area contributed by atoms with Crippen molar-refractivity contribution in [2.75, 3.05) is 10.6 Å². The second kappa shape index (κ2) is 5.94. The van der Waals surface area contributed by atoms with Gasteiger partial charge in [0.2, 0.25) is 0 Å². The number of hydrogen-bond donors (Lipinski definition) is 3. The molecule has 0 bridgehead atoms. The van der Waals surface area contributed by atoms with Crippen LogP contribution in [0.15, 0.2) is 29.6 Å². The molecule has 0 unspecified atom stereocenters. The van der Waals surface area contributed by atoms with Crippen molar-refractivity contribution in [3.05, 3.63) is 45.1 Å². The van der Waals surface area contributed by atoms with Gasteiger partial charge in [0.05, 0.1) is 5.69 Å². The zero-order valence-corrected chi connectivity index (χ0v) is 12.0. The number of halogens is 1. The van der Waals surface area contributed by atoms with E-state index in [1.165, 1.54) is 6.07 Å². The largest absolute Gasteiger partial charge is 0.477 e. The van der Waals surface area contributed by atoms with Crippen molar-refractivity contribution in [3.8, 4) is 0 Å². The quantitative estimate of drug-likeness (QED) is 0.800.